The van der Waals surface area contributed by atoms with E-state index < -0.39 is 58.3 Å². The molecule has 3 atom stereocenters. The van der Waals surface area contributed by atoms with Gasteiger partial charge < -0.3 is 24.4 Å². The summed E-state index contributed by atoms with van der Waals surface area (Å²) in [5, 5.41) is 2.77. The number of rotatable bonds is 13. The summed E-state index contributed by atoms with van der Waals surface area (Å²) in [6.07, 6.45) is -5.04. The number of hydrogen-bond acceptors (Lipinski definition) is 8. The fourth-order valence-corrected chi connectivity index (χ4v) is 6.04. The van der Waals surface area contributed by atoms with E-state index in [2.05, 4.69) is 10.1 Å². The van der Waals surface area contributed by atoms with E-state index in [1.54, 1.807) is 17.0 Å². The lowest BCUT2D eigenvalue weighted by Crippen LogP contribution is -2.34. The zero-order valence-corrected chi connectivity index (χ0v) is 26.2. The average molecular weight is 685 g/mol. The highest BCUT2D eigenvalue weighted by Crippen LogP contribution is 2.33. The van der Waals surface area contributed by atoms with Crippen molar-refractivity contribution in [2.75, 3.05) is 30.9 Å². The number of alkyl halides is 5. The van der Waals surface area contributed by atoms with Crippen LogP contribution in [0.5, 0.6) is 5.75 Å². The summed E-state index contributed by atoms with van der Waals surface area (Å²) in [7, 11) is -2.25. The van der Waals surface area contributed by atoms with Crippen molar-refractivity contribution in [2.45, 2.75) is 55.6 Å². The molecule has 254 valence electrons. The van der Waals surface area contributed by atoms with Crippen molar-refractivity contribution in [1.29, 1.82) is 0 Å². The van der Waals surface area contributed by atoms with Gasteiger partial charge in [-0.1, -0.05) is 19.1 Å². The van der Waals surface area contributed by atoms with Crippen LogP contribution in [-0.2, 0) is 30.3 Å². The summed E-state index contributed by atoms with van der Waals surface area (Å²) in [6.45, 7) is -1.64. The Labute approximate surface area is 268 Å². The number of ether oxygens (including phenoxy) is 3. The maximum absolute atomic E-state index is 13.2. The maximum atomic E-state index is 13.2. The number of amides is 1. The highest BCUT2D eigenvalue weighted by Gasteiger charge is 2.35. The molecule has 1 N–H and O–H groups in total. The van der Waals surface area contributed by atoms with Crippen molar-refractivity contribution in [3.8, 4) is 5.75 Å². The van der Waals surface area contributed by atoms with E-state index in [0.29, 0.717) is 11.3 Å². The third-order valence-electron chi connectivity index (χ3n) is 7.66. The SMILES string of the molecule is CCS(=O)(=O)c1ccc([C@H](CC(=O)OC)NC(=O)c2ccc(N3C[C@@H](Oc4ccc(C(F)(F)F)cc4)C[C@H]3COC(F)F)cc2)cc1. The van der Waals surface area contributed by atoms with Gasteiger partial charge in [0.25, 0.3) is 5.91 Å². The number of nitrogens with zero attached hydrogens (tertiary/aromatic N) is 1. The summed E-state index contributed by atoms with van der Waals surface area (Å²) in [6, 6.07) is 14.8. The minimum absolute atomic E-state index is 0.0884. The van der Waals surface area contributed by atoms with Gasteiger partial charge >= 0.3 is 18.8 Å². The van der Waals surface area contributed by atoms with Gasteiger partial charge in [-0.05, 0) is 66.2 Å². The third kappa shape index (κ3) is 9.41. The Morgan fingerprint density at radius 2 is 1.62 bits per heavy atom. The van der Waals surface area contributed by atoms with Gasteiger partial charge in [0.05, 0.1) is 55.0 Å². The number of halogens is 5. The number of carbonyl (C=O) groups is 2. The number of methoxy groups -OCH3 is 1. The molecular weight excluding hydrogens is 651 g/mol. The molecule has 1 aliphatic heterocycles. The fraction of sp³-hybridized carbons (Fsp3) is 0.375. The van der Waals surface area contributed by atoms with Crippen LogP contribution < -0.4 is 15.0 Å². The molecule has 0 radical (unpaired) electrons. The zero-order valence-electron chi connectivity index (χ0n) is 25.4. The molecule has 1 fully saturated rings. The normalized spacial score (nSPS) is 17.4. The minimum atomic E-state index is -4.50. The number of hydrogen-bond donors (Lipinski definition) is 1. The molecule has 0 saturated carbocycles. The Morgan fingerprint density at radius 3 is 2.17 bits per heavy atom. The first-order chi connectivity index (χ1) is 22.2. The monoisotopic (exact) mass is 684 g/mol. The molecular formula is C32H33F5N2O7S. The molecule has 0 aliphatic carbocycles. The predicted octanol–water partition coefficient (Wildman–Crippen LogP) is 5.80. The third-order valence-corrected chi connectivity index (χ3v) is 9.41. The smallest absolute Gasteiger partial charge is 0.416 e. The van der Waals surface area contributed by atoms with Crippen LogP contribution in [0.4, 0.5) is 27.6 Å². The second kappa shape index (κ2) is 15.1. The number of carbonyl (C=O) groups excluding carboxylic acids is 2. The summed E-state index contributed by atoms with van der Waals surface area (Å²) in [5.41, 5.74) is 0.420. The van der Waals surface area contributed by atoms with Crippen LogP contribution in [-0.4, -0.2) is 65.1 Å². The van der Waals surface area contributed by atoms with Gasteiger partial charge in [0.1, 0.15) is 11.9 Å². The largest absolute Gasteiger partial charge is 0.489 e. The second-order valence-corrected chi connectivity index (χ2v) is 13.0. The van der Waals surface area contributed by atoms with Gasteiger partial charge in [-0.15, -0.1) is 0 Å². The average Bonchev–Trinajstić information content (AvgIpc) is 3.45. The summed E-state index contributed by atoms with van der Waals surface area (Å²) < 4.78 is 104. The van der Waals surface area contributed by atoms with Crippen LogP contribution in [0.3, 0.4) is 0 Å². The topological polar surface area (TPSA) is 111 Å². The van der Waals surface area contributed by atoms with E-state index >= 15 is 0 Å². The van der Waals surface area contributed by atoms with Crippen LogP contribution >= 0.6 is 0 Å². The molecule has 3 aromatic rings. The molecule has 0 aromatic heterocycles. The fourth-order valence-electron chi connectivity index (χ4n) is 5.15. The minimum Gasteiger partial charge on any atom is -0.489 e. The van der Waals surface area contributed by atoms with Crippen molar-refractivity contribution in [3.05, 3.63) is 89.5 Å². The van der Waals surface area contributed by atoms with E-state index in [-0.39, 0.29) is 48.0 Å². The Bertz CT molecular complexity index is 1620. The summed E-state index contributed by atoms with van der Waals surface area (Å²) in [4.78, 5) is 27.2. The van der Waals surface area contributed by atoms with E-state index in [4.69, 9.17) is 9.47 Å². The standard InChI is InChI=1S/C32H33F5N2O7S/c1-3-47(42,43)27-14-6-20(7-15-27)28(17-29(40)44-2)38-30(41)21-4-10-23(11-5-21)39-18-26(16-24(39)19-45-31(33)34)46-25-12-8-22(9-13-25)32(35,36)37/h4-15,24,26,28,31H,3,16-19H2,1-2H3,(H,38,41)/t24-,26-,28-/m0/s1. The highest BCUT2D eigenvalue weighted by molar-refractivity contribution is 7.91. The van der Waals surface area contributed by atoms with Crippen LogP contribution in [0.1, 0.15) is 47.3 Å². The Hall–Kier alpha value is -4.24. The highest BCUT2D eigenvalue weighted by atomic mass is 32.2. The van der Waals surface area contributed by atoms with Gasteiger partial charge in [-0.25, -0.2) is 8.42 Å². The molecule has 47 heavy (non-hydrogen) atoms. The molecule has 1 amide bonds. The molecule has 0 unspecified atom stereocenters. The van der Waals surface area contributed by atoms with Crippen LogP contribution in [0.25, 0.3) is 0 Å². The lowest BCUT2D eigenvalue weighted by molar-refractivity contribution is -0.141. The molecule has 1 saturated heterocycles. The van der Waals surface area contributed by atoms with Crippen molar-refractivity contribution < 1.29 is 54.2 Å². The van der Waals surface area contributed by atoms with E-state index in [1.807, 2.05) is 0 Å². The first-order valence-electron chi connectivity index (χ1n) is 14.5. The van der Waals surface area contributed by atoms with E-state index in [0.717, 1.165) is 12.1 Å². The summed E-state index contributed by atoms with van der Waals surface area (Å²) >= 11 is 0. The molecule has 4 rings (SSSR count). The van der Waals surface area contributed by atoms with Gasteiger partial charge in [0.15, 0.2) is 9.84 Å². The van der Waals surface area contributed by atoms with Gasteiger partial charge in [-0.2, -0.15) is 22.0 Å². The first-order valence-corrected chi connectivity index (χ1v) is 16.2. The zero-order chi connectivity index (χ0) is 34.4. The van der Waals surface area contributed by atoms with Crippen molar-refractivity contribution in [2.24, 2.45) is 0 Å². The first kappa shape index (κ1) is 35.6. The predicted molar refractivity (Wildman–Crippen MR) is 161 cm³/mol. The van der Waals surface area contributed by atoms with Crippen LogP contribution in [0.15, 0.2) is 77.7 Å². The number of esters is 1. The second-order valence-electron chi connectivity index (χ2n) is 10.7. The lowest BCUT2D eigenvalue weighted by atomic mass is 10.0. The van der Waals surface area contributed by atoms with Crippen LogP contribution in [0.2, 0.25) is 0 Å². The Balaban J connectivity index is 1.48. The molecule has 1 heterocycles. The molecule has 15 heteroatoms. The maximum Gasteiger partial charge on any atom is 0.416 e. The Morgan fingerprint density at radius 1 is 0.979 bits per heavy atom. The molecule has 9 nitrogen and oxygen atoms in total. The molecule has 0 bridgehead atoms. The molecule has 0 spiro atoms. The van der Waals surface area contributed by atoms with Crippen molar-refractivity contribution >= 4 is 27.4 Å². The number of benzene rings is 3. The molecule has 1 aliphatic rings. The van der Waals surface area contributed by atoms with E-state index in [1.165, 1.54) is 62.6 Å². The van der Waals surface area contributed by atoms with Crippen LogP contribution in [0, 0.1) is 0 Å². The quantitative estimate of drug-likeness (QED) is 0.178. The van der Waals surface area contributed by atoms with Gasteiger partial charge in [-0.3, -0.25) is 9.59 Å². The Kier molecular flexibility index (Phi) is 11.4. The number of anilines is 1. The van der Waals surface area contributed by atoms with Gasteiger partial charge in [0.2, 0.25) is 0 Å². The molecule has 3 aromatic carbocycles. The number of nitrogens with one attached hydrogen (secondary N) is 1. The van der Waals surface area contributed by atoms with E-state index in [9.17, 15) is 40.0 Å². The summed E-state index contributed by atoms with van der Waals surface area (Å²) in [5.74, 6) is -1.05. The lowest BCUT2D eigenvalue weighted by Gasteiger charge is -2.26. The van der Waals surface area contributed by atoms with Crippen molar-refractivity contribution in [1.82, 2.24) is 5.32 Å². The van der Waals surface area contributed by atoms with Crippen molar-refractivity contribution in [3.63, 3.8) is 0 Å². The van der Waals surface area contributed by atoms with Gasteiger partial charge in [0, 0.05) is 17.7 Å². The number of sulfone groups is 1.